The summed E-state index contributed by atoms with van der Waals surface area (Å²) in [6, 6.07) is 1.84. The lowest BCUT2D eigenvalue weighted by Gasteiger charge is -2.22. The van der Waals surface area contributed by atoms with Crippen molar-refractivity contribution >= 4 is 16.6 Å². The van der Waals surface area contributed by atoms with Crippen molar-refractivity contribution in [2.75, 3.05) is 5.73 Å². The van der Waals surface area contributed by atoms with Crippen molar-refractivity contribution in [1.82, 2.24) is 9.97 Å². The van der Waals surface area contributed by atoms with Crippen LogP contribution in [0.3, 0.4) is 0 Å². The Morgan fingerprint density at radius 2 is 1.90 bits per heavy atom. The van der Waals surface area contributed by atoms with E-state index in [0.29, 0.717) is 11.7 Å². The smallest absolute Gasteiger partial charge is 0.223 e. The van der Waals surface area contributed by atoms with Crippen LogP contribution in [0.4, 0.5) is 5.82 Å². The number of ether oxygens (including phenoxy) is 1. The first-order valence-electron chi connectivity index (χ1n) is 6.81. The summed E-state index contributed by atoms with van der Waals surface area (Å²) in [5, 5.41) is 1.82. The van der Waals surface area contributed by atoms with Gasteiger partial charge in [0.05, 0.1) is 5.39 Å². The molecular weight excluding hydrogens is 252 g/mol. The van der Waals surface area contributed by atoms with E-state index in [1.54, 1.807) is 12.4 Å². The number of hydrogen-bond donors (Lipinski definition) is 2. The summed E-state index contributed by atoms with van der Waals surface area (Å²) in [7, 11) is 0. The molecule has 5 nitrogen and oxygen atoms in total. The van der Waals surface area contributed by atoms with Crippen LogP contribution in [0.5, 0.6) is 5.88 Å². The van der Waals surface area contributed by atoms with Gasteiger partial charge in [0.25, 0.3) is 0 Å². The summed E-state index contributed by atoms with van der Waals surface area (Å²) in [6.45, 7) is 5.98. The number of fused-ring (bicyclic) bond motifs is 1. The molecule has 2 aromatic rings. The van der Waals surface area contributed by atoms with Gasteiger partial charge in [0, 0.05) is 17.9 Å². The molecule has 20 heavy (non-hydrogen) atoms. The first kappa shape index (κ1) is 13.1. The minimum Gasteiger partial charge on any atom is -0.471 e. The van der Waals surface area contributed by atoms with E-state index in [-0.39, 0.29) is 5.60 Å². The second-order valence-electron chi connectivity index (χ2n) is 6.41. The Hall–Kier alpha value is -1.88. The van der Waals surface area contributed by atoms with Gasteiger partial charge in [-0.05, 0) is 50.6 Å². The first-order valence-corrected chi connectivity index (χ1v) is 6.81. The lowest BCUT2D eigenvalue weighted by atomic mass is 9.93. The number of pyridine rings is 2. The third kappa shape index (κ3) is 2.29. The molecule has 1 aliphatic carbocycles. The largest absolute Gasteiger partial charge is 0.471 e. The summed E-state index contributed by atoms with van der Waals surface area (Å²) in [6.07, 6.45) is 5.61. The molecule has 1 saturated carbocycles. The SMILES string of the molecule is CC1(Oc2ncc(C(C)(C)N)c3cc(N)ncc23)CC1. The van der Waals surface area contributed by atoms with Crippen LogP contribution in [0.15, 0.2) is 18.5 Å². The fourth-order valence-electron chi connectivity index (χ4n) is 2.23. The van der Waals surface area contributed by atoms with E-state index in [2.05, 4.69) is 16.9 Å². The predicted molar refractivity (Wildman–Crippen MR) is 79.4 cm³/mol. The second-order valence-corrected chi connectivity index (χ2v) is 6.41. The standard InChI is InChI=1S/C15H20N4O/c1-14(2,17)11-8-19-13(20-15(3)4-5-15)10-7-18-12(16)6-9(10)11/h6-8H,4-5,17H2,1-3H3,(H2,16,18). The zero-order chi connectivity index (χ0) is 14.5. The van der Waals surface area contributed by atoms with Crippen LogP contribution in [-0.4, -0.2) is 15.6 Å². The molecule has 106 valence electrons. The molecule has 3 rings (SSSR count). The van der Waals surface area contributed by atoms with E-state index in [0.717, 1.165) is 29.2 Å². The van der Waals surface area contributed by atoms with Crippen molar-refractivity contribution in [3.63, 3.8) is 0 Å². The van der Waals surface area contributed by atoms with Gasteiger partial charge in [0.15, 0.2) is 0 Å². The number of nitrogen functional groups attached to an aromatic ring is 1. The molecule has 0 aliphatic heterocycles. The molecule has 0 unspecified atom stereocenters. The molecule has 0 radical (unpaired) electrons. The Labute approximate surface area is 118 Å². The van der Waals surface area contributed by atoms with Gasteiger partial charge < -0.3 is 16.2 Å². The lowest BCUT2D eigenvalue weighted by Crippen LogP contribution is -2.29. The summed E-state index contributed by atoms with van der Waals surface area (Å²) in [5.41, 5.74) is 12.4. The summed E-state index contributed by atoms with van der Waals surface area (Å²) >= 11 is 0. The van der Waals surface area contributed by atoms with Crippen LogP contribution in [0, 0.1) is 0 Å². The highest BCUT2D eigenvalue weighted by atomic mass is 16.5. The normalized spacial score (nSPS) is 17.2. The van der Waals surface area contributed by atoms with Crippen LogP contribution < -0.4 is 16.2 Å². The van der Waals surface area contributed by atoms with Gasteiger partial charge in [0.2, 0.25) is 5.88 Å². The topological polar surface area (TPSA) is 87.0 Å². The van der Waals surface area contributed by atoms with Crippen molar-refractivity contribution < 1.29 is 4.74 Å². The van der Waals surface area contributed by atoms with Crippen LogP contribution in [0.25, 0.3) is 10.8 Å². The van der Waals surface area contributed by atoms with Gasteiger partial charge in [-0.15, -0.1) is 0 Å². The molecule has 0 saturated heterocycles. The summed E-state index contributed by atoms with van der Waals surface area (Å²) in [4.78, 5) is 8.60. The van der Waals surface area contributed by atoms with Crippen LogP contribution >= 0.6 is 0 Å². The quantitative estimate of drug-likeness (QED) is 0.895. The molecule has 0 aromatic carbocycles. The van der Waals surface area contributed by atoms with E-state index in [1.165, 1.54) is 0 Å². The molecule has 0 spiro atoms. The molecular formula is C15H20N4O. The molecule has 2 heterocycles. The number of hydrogen-bond acceptors (Lipinski definition) is 5. The number of rotatable bonds is 3. The van der Waals surface area contributed by atoms with Gasteiger partial charge in [-0.1, -0.05) is 0 Å². The van der Waals surface area contributed by atoms with E-state index in [1.807, 2.05) is 19.9 Å². The monoisotopic (exact) mass is 272 g/mol. The second kappa shape index (κ2) is 4.06. The maximum Gasteiger partial charge on any atom is 0.223 e. The molecule has 0 bridgehead atoms. The molecule has 5 heteroatoms. The molecule has 2 aromatic heterocycles. The average molecular weight is 272 g/mol. The molecule has 4 N–H and O–H groups in total. The molecule has 1 aliphatic rings. The Morgan fingerprint density at radius 1 is 1.20 bits per heavy atom. The molecule has 1 fully saturated rings. The van der Waals surface area contributed by atoms with E-state index < -0.39 is 5.54 Å². The number of anilines is 1. The van der Waals surface area contributed by atoms with Crippen molar-refractivity contribution in [3.05, 3.63) is 24.0 Å². The van der Waals surface area contributed by atoms with Crippen molar-refractivity contribution in [2.24, 2.45) is 5.73 Å². The maximum atomic E-state index is 6.22. The minimum absolute atomic E-state index is 0.0823. The van der Waals surface area contributed by atoms with Crippen LogP contribution in [0.1, 0.15) is 39.2 Å². The Kier molecular flexibility index (Phi) is 2.66. The zero-order valence-electron chi connectivity index (χ0n) is 12.1. The van der Waals surface area contributed by atoms with Gasteiger partial charge in [-0.2, -0.15) is 0 Å². The van der Waals surface area contributed by atoms with E-state index >= 15 is 0 Å². The molecule has 0 amide bonds. The maximum absolute atomic E-state index is 6.22. The highest BCUT2D eigenvalue weighted by molar-refractivity contribution is 5.91. The average Bonchev–Trinajstić information content (AvgIpc) is 3.05. The Bertz CT molecular complexity index is 671. The van der Waals surface area contributed by atoms with Crippen molar-refractivity contribution in [1.29, 1.82) is 0 Å². The third-order valence-electron chi connectivity index (χ3n) is 3.75. The van der Waals surface area contributed by atoms with Crippen molar-refractivity contribution in [2.45, 2.75) is 44.8 Å². The highest BCUT2D eigenvalue weighted by Crippen LogP contribution is 2.41. The summed E-state index contributed by atoms with van der Waals surface area (Å²) in [5.74, 6) is 1.08. The van der Waals surface area contributed by atoms with Crippen molar-refractivity contribution in [3.8, 4) is 5.88 Å². The van der Waals surface area contributed by atoms with Crippen LogP contribution in [0.2, 0.25) is 0 Å². The highest BCUT2D eigenvalue weighted by Gasteiger charge is 2.41. The molecule has 0 atom stereocenters. The fraction of sp³-hybridized carbons (Fsp3) is 0.467. The summed E-state index contributed by atoms with van der Waals surface area (Å²) < 4.78 is 6.00. The van der Waals surface area contributed by atoms with E-state index in [9.17, 15) is 0 Å². The van der Waals surface area contributed by atoms with Gasteiger partial charge in [-0.25, -0.2) is 9.97 Å². The number of nitrogens with two attached hydrogens (primary N) is 2. The number of aromatic nitrogens is 2. The zero-order valence-corrected chi connectivity index (χ0v) is 12.1. The van der Waals surface area contributed by atoms with Crippen LogP contribution in [-0.2, 0) is 5.54 Å². The predicted octanol–water partition coefficient (Wildman–Crippen LogP) is 2.34. The van der Waals surface area contributed by atoms with E-state index in [4.69, 9.17) is 16.2 Å². The van der Waals surface area contributed by atoms with Gasteiger partial charge in [-0.3, -0.25) is 0 Å². The third-order valence-corrected chi connectivity index (χ3v) is 3.75. The van der Waals surface area contributed by atoms with Gasteiger partial charge >= 0.3 is 0 Å². The Morgan fingerprint density at radius 3 is 2.50 bits per heavy atom. The lowest BCUT2D eigenvalue weighted by molar-refractivity contribution is 0.194. The Balaban J connectivity index is 2.20. The fourth-order valence-corrected chi connectivity index (χ4v) is 2.23. The van der Waals surface area contributed by atoms with Gasteiger partial charge in [0.1, 0.15) is 11.4 Å². The first-order chi connectivity index (χ1) is 9.28. The number of nitrogens with zero attached hydrogens (tertiary/aromatic N) is 2. The minimum atomic E-state index is -0.499.